The predicted octanol–water partition coefficient (Wildman–Crippen LogP) is 2.89. The maximum absolute atomic E-state index is 11.9. The van der Waals surface area contributed by atoms with Crippen molar-refractivity contribution in [2.75, 3.05) is 13.2 Å². The summed E-state index contributed by atoms with van der Waals surface area (Å²) in [6, 6.07) is 12.1. The Balaban J connectivity index is 1.66. The smallest absolute Gasteiger partial charge is 0.276 e. The van der Waals surface area contributed by atoms with Crippen molar-refractivity contribution in [2.45, 2.75) is 6.92 Å². The molecule has 0 aliphatic carbocycles. The van der Waals surface area contributed by atoms with Gasteiger partial charge in [0.15, 0.2) is 18.3 Å². The van der Waals surface area contributed by atoms with E-state index in [1.807, 2.05) is 19.1 Å². The zero-order valence-corrected chi connectivity index (χ0v) is 17.9. The second-order valence-electron chi connectivity index (χ2n) is 5.52. The summed E-state index contributed by atoms with van der Waals surface area (Å²) in [6.07, 6.45) is 0. The molecule has 0 aromatic heterocycles. The lowest BCUT2D eigenvalue weighted by Crippen LogP contribution is -2.50. The van der Waals surface area contributed by atoms with E-state index in [0.29, 0.717) is 16.5 Å². The molecule has 0 spiro atoms. The van der Waals surface area contributed by atoms with Crippen LogP contribution in [0, 0.1) is 6.92 Å². The number of hydrogen-bond acceptors (Lipinski definition) is 5. The maximum atomic E-state index is 11.9. The number of carbonyl (C=O) groups is 2. The van der Waals surface area contributed by atoms with Crippen LogP contribution < -0.4 is 25.6 Å². The van der Waals surface area contributed by atoms with Crippen LogP contribution in [0.1, 0.15) is 5.56 Å². The number of benzene rings is 2. The molecule has 0 unspecified atom stereocenters. The topological polar surface area (TPSA) is 88.7 Å². The van der Waals surface area contributed by atoms with Gasteiger partial charge in [-0.3, -0.25) is 25.8 Å². The Labute approximate surface area is 180 Å². The average molecular weight is 487 g/mol. The predicted molar refractivity (Wildman–Crippen MR) is 113 cm³/mol. The van der Waals surface area contributed by atoms with Crippen LogP contribution in [-0.4, -0.2) is 30.1 Å². The van der Waals surface area contributed by atoms with Gasteiger partial charge in [0.05, 0.1) is 4.47 Å². The van der Waals surface area contributed by atoms with Crippen LogP contribution in [0.5, 0.6) is 11.5 Å². The van der Waals surface area contributed by atoms with Gasteiger partial charge in [-0.15, -0.1) is 0 Å². The number of hydrogen-bond donors (Lipinski definition) is 3. The Kier molecular flexibility index (Phi) is 8.49. The van der Waals surface area contributed by atoms with E-state index in [2.05, 4.69) is 32.1 Å². The van der Waals surface area contributed by atoms with E-state index in [9.17, 15) is 9.59 Å². The lowest BCUT2D eigenvalue weighted by Gasteiger charge is -2.12. The van der Waals surface area contributed by atoms with Gasteiger partial charge in [0.2, 0.25) is 0 Å². The van der Waals surface area contributed by atoms with E-state index in [1.54, 1.807) is 30.3 Å². The molecular weight excluding hydrogens is 470 g/mol. The zero-order valence-electron chi connectivity index (χ0n) is 14.8. The number of halogens is 2. The molecule has 2 amide bonds. The van der Waals surface area contributed by atoms with Crippen LogP contribution in [0.15, 0.2) is 46.9 Å². The Morgan fingerprint density at radius 3 is 2.39 bits per heavy atom. The number of nitrogens with one attached hydrogen (secondary N) is 3. The molecule has 2 aromatic rings. The van der Waals surface area contributed by atoms with Gasteiger partial charge in [0.1, 0.15) is 11.5 Å². The van der Waals surface area contributed by atoms with Gasteiger partial charge in [0, 0.05) is 5.02 Å². The molecule has 0 bridgehead atoms. The first-order chi connectivity index (χ1) is 13.3. The first-order valence-corrected chi connectivity index (χ1v) is 9.57. The number of amides is 2. The van der Waals surface area contributed by atoms with Crippen LogP contribution in [0.3, 0.4) is 0 Å². The van der Waals surface area contributed by atoms with Crippen LogP contribution >= 0.6 is 39.7 Å². The van der Waals surface area contributed by atoms with Crippen molar-refractivity contribution in [1.29, 1.82) is 0 Å². The molecule has 0 saturated carbocycles. The van der Waals surface area contributed by atoms with Gasteiger partial charge in [0.25, 0.3) is 11.8 Å². The van der Waals surface area contributed by atoms with Crippen LogP contribution in [0.4, 0.5) is 0 Å². The summed E-state index contributed by atoms with van der Waals surface area (Å²) < 4.78 is 11.4. The molecule has 0 aliphatic heterocycles. The summed E-state index contributed by atoms with van der Waals surface area (Å²) in [7, 11) is 0. The number of carbonyl (C=O) groups excluding carboxylic acids is 2. The van der Waals surface area contributed by atoms with Crippen molar-refractivity contribution < 1.29 is 19.1 Å². The van der Waals surface area contributed by atoms with Crippen molar-refractivity contribution in [3.8, 4) is 11.5 Å². The fourth-order valence-corrected chi connectivity index (χ4v) is 2.80. The van der Waals surface area contributed by atoms with E-state index in [0.717, 1.165) is 10.0 Å². The Morgan fingerprint density at radius 2 is 1.71 bits per heavy atom. The quantitative estimate of drug-likeness (QED) is 0.430. The minimum Gasteiger partial charge on any atom is -0.484 e. The summed E-state index contributed by atoms with van der Waals surface area (Å²) in [5.74, 6) is 0.0742. The largest absolute Gasteiger partial charge is 0.484 e. The maximum Gasteiger partial charge on any atom is 0.276 e. The van der Waals surface area contributed by atoms with Gasteiger partial charge < -0.3 is 9.47 Å². The summed E-state index contributed by atoms with van der Waals surface area (Å²) in [6.45, 7) is 1.47. The van der Waals surface area contributed by atoms with E-state index in [1.165, 1.54) is 0 Å². The number of aryl methyl sites for hydroxylation is 1. The molecule has 148 valence electrons. The molecule has 0 radical (unpaired) electrons. The third kappa shape index (κ3) is 7.71. The first kappa shape index (κ1) is 21.9. The molecule has 0 fully saturated rings. The molecule has 0 heterocycles. The molecule has 7 nitrogen and oxygen atoms in total. The molecular formula is C18H17BrClN3O4S. The second-order valence-corrected chi connectivity index (χ2v) is 7.21. The summed E-state index contributed by atoms with van der Waals surface area (Å²) >= 11 is 14.1. The Hall–Kier alpha value is -2.36. The highest BCUT2D eigenvalue weighted by atomic mass is 79.9. The Morgan fingerprint density at radius 1 is 1.04 bits per heavy atom. The Bertz CT molecular complexity index is 864. The highest BCUT2D eigenvalue weighted by Gasteiger charge is 2.09. The van der Waals surface area contributed by atoms with Crippen molar-refractivity contribution in [1.82, 2.24) is 16.2 Å². The van der Waals surface area contributed by atoms with E-state index in [-0.39, 0.29) is 18.3 Å². The molecule has 0 atom stereocenters. The van der Waals surface area contributed by atoms with Gasteiger partial charge in [-0.25, -0.2) is 0 Å². The van der Waals surface area contributed by atoms with Crippen molar-refractivity contribution in [2.24, 2.45) is 0 Å². The van der Waals surface area contributed by atoms with Gasteiger partial charge in [-0.05, 0) is 77.0 Å². The van der Waals surface area contributed by atoms with Crippen LogP contribution in [0.25, 0.3) is 0 Å². The van der Waals surface area contributed by atoms with Crippen molar-refractivity contribution in [3.63, 3.8) is 0 Å². The average Bonchev–Trinajstić information content (AvgIpc) is 2.65. The highest BCUT2D eigenvalue weighted by molar-refractivity contribution is 9.10. The lowest BCUT2D eigenvalue weighted by atomic mass is 10.2. The minimum absolute atomic E-state index is 0.0728. The van der Waals surface area contributed by atoms with Crippen molar-refractivity contribution >= 4 is 56.7 Å². The molecule has 0 saturated heterocycles. The first-order valence-electron chi connectivity index (χ1n) is 7.99. The van der Waals surface area contributed by atoms with Gasteiger partial charge >= 0.3 is 0 Å². The molecule has 2 aromatic carbocycles. The molecule has 0 aliphatic rings. The fraction of sp³-hybridized carbons (Fsp3) is 0.167. The van der Waals surface area contributed by atoms with Crippen LogP contribution in [0.2, 0.25) is 5.02 Å². The molecule has 3 N–H and O–H groups in total. The van der Waals surface area contributed by atoms with E-state index < -0.39 is 11.8 Å². The third-order valence-corrected chi connectivity index (χ3v) is 4.27. The normalized spacial score (nSPS) is 9.96. The highest BCUT2D eigenvalue weighted by Crippen LogP contribution is 2.25. The summed E-state index contributed by atoms with van der Waals surface area (Å²) in [5, 5.41) is 2.88. The lowest BCUT2D eigenvalue weighted by molar-refractivity contribution is -0.124. The number of hydrazine groups is 1. The van der Waals surface area contributed by atoms with E-state index in [4.69, 9.17) is 33.3 Å². The second kappa shape index (κ2) is 10.8. The summed E-state index contributed by atoms with van der Waals surface area (Å²) in [5.41, 5.74) is 5.78. The number of rotatable bonds is 6. The van der Waals surface area contributed by atoms with Crippen LogP contribution in [-0.2, 0) is 9.59 Å². The molecule has 28 heavy (non-hydrogen) atoms. The number of ether oxygens (including phenoxy) is 2. The van der Waals surface area contributed by atoms with Gasteiger partial charge in [-0.1, -0.05) is 17.7 Å². The number of thiocarbonyl (C=S) groups is 1. The minimum atomic E-state index is -0.480. The van der Waals surface area contributed by atoms with Gasteiger partial charge in [-0.2, -0.15) is 0 Å². The SMILES string of the molecule is Cc1ccc(OCC(=O)NC(=S)NNC(=O)COc2ccc(Cl)cc2)c(Br)c1. The molecule has 10 heteroatoms. The standard InChI is InChI=1S/C18H17BrClN3O4S/c1-11-2-7-15(14(19)8-11)27-9-16(24)21-18(28)23-22-17(25)10-26-13-5-3-12(20)4-6-13/h2-8H,9-10H2,1H3,(H,22,25)(H2,21,23,24,28). The monoisotopic (exact) mass is 485 g/mol. The zero-order chi connectivity index (χ0) is 20.5. The molecule has 2 rings (SSSR count). The summed E-state index contributed by atoms with van der Waals surface area (Å²) in [4.78, 5) is 23.6. The fourth-order valence-electron chi connectivity index (χ4n) is 1.90. The van der Waals surface area contributed by atoms with E-state index >= 15 is 0 Å². The third-order valence-electron chi connectivity index (χ3n) is 3.20. The van der Waals surface area contributed by atoms with Crippen molar-refractivity contribution in [3.05, 3.63) is 57.5 Å².